The highest BCUT2D eigenvalue weighted by Crippen LogP contribution is 2.43. The van der Waals surface area contributed by atoms with Crippen molar-refractivity contribution in [1.29, 1.82) is 0 Å². The number of tetrazole rings is 1. The van der Waals surface area contributed by atoms with Gasteiger partial charge in [0.15, 0.2) is 0 Å². The number of benzene rings is 2. The maximum atomic E-state index is 12.5. The number of hydrogen-bond acceptors (Lipinski definition) is 7. The van der Waals surface area contributed by atoms with Crippen molar-refractivity contribution in [2.24, 2.45) is 12.2 Å². The molecule has 0 saturated heterocycles. The van der Waals surface area contributed by atoms with Crippen molar-refractivity contribution >= 4 is 0 Å². The van der Waals surface area contributed by atoms with Crippen LogP contribution in [0.5, 0.6) is 5.75 Å². The van der Waals surface area contributed by atoms with Crippen LogP contribution >= 0.6 is 0 Å². The van der Waals surface area contributed by atoms with Crippen LogP contribution in [0.15, 0.2) is 46.4 Å². The summed E-state index contributed by atoms with van der Waals surface area (Å²) in [6.45, 7) is 6.21. The van der Waals surface area contributed by atoms with Gasteiger partial charge in [0.2, 0.25) is 0 Å². The van der Waals surface area contributed by atoms with Crippen LogP contribution < -0.4 is 10.4 Å². The van der Waals surface area contributed by atoms with Crippen LogP contribution in [0.25, 0.3) is 11.4 Å². The first kappa shape index (κ1) is 22.7. The monoisotopic (exact) mass is 473 g/mol. The highest BCUT2D eigenvalue weighted by molar-refractivity contribution is 5.49. The SMILES string of the molecule is Cc1cc(-n2nc(C)c(CN=O)c2C)ccc1OCc1c(C2CC2)cccc1-n1nnn(C)c1=O. The van der Waals surface area contributed by atoms with E-state index in [-0.39, 0.29) is 12.2 Å². The van der Waals surface area contributed by atoms with Gasteiger partial charge in [-0.05, 0) is 85.3 Å². The molecule has 0 aliphatic heterocycles. The number of hydrogen-bond donors (Lipinski definition) is 0. The Kier molecular flexibility index (Phi) is 5.80. The molecular weight excluding hydrogens is 446 g/mol. The maximum Gasteiger partial charge on any atom is 0.368 e. The van der Waals surface area contributed by atoms with Crippen LogP contribution in [0.4, 0.5) is 0 Å². The van der Waals surface area contributed by atoms with Gasteiger partial charge in [0.25, 0.3) is 0 Å². The molecule has 0 N–H and O–H groups in total. The van der Waals surface area contributed by atoms with E-state index < -0.39 is 0 Å². The first-order valence-corrected chi connectivity index (χ1v) is 11.6. The lowest BCUT2D eigenvalue weighted by molar-refractivity contribution is 0.302. The molecule has 0 atom stereocenters. The minimum absolute atomic E-state index is 0.107. The fourth-order valence-electron chi connectivity index (χ4n) is 4.49. The Hall–Kier alpha value is -4.08. The molecule has 1 fully saturated rings. The average Bonchev–Trinajstić information content (AvgIpc) is 3.59. The summed E-state index contributed by atoms with van der Waals surface area (Å²) in [5.41, 5.74) is 6.91. The second-order valence-electron chi connectivity index (χ2n) is 9.00. The molecule has 2 aromatic heterocycles. The fourth-order valence-corrected chi connectivity index (χ4v) is 4.49. The lowest BCUT2D eigenvalue weighted by atomic mass is 10.0. The summed E-state index contributed by atoms with van der Waals surface area (Å²) in [6.07, 6.45) is 2.26. The average molecular weight is 474 g/mol. The number of aromatic nitrogens is 6. The molecule has 4 aromatic rings. The third-order valence-electron chi connectivity index (χ3n) is 6.59. The van der Waals surface area contributed by atoms with Gasteiger partial charge in [-0.3, -0.25) is 0 Å². The maximum absolute atomic E-state index is 12.5. The van der Waals surface area contributed by atoms with Crippen molar-refractivity contribution in [3.05, 3.63) is 85.4 Å². The standard InChI is InChI=1S/C25H27N7O3/c1-15-12-19(31-17(3)21(13-26-34)16(2)27-31)10-11-24(15)35-14-22-20(18-8-9-18)6-5-7-23(22)32-25(33)30(4)28-29-32/h5-7,10-12,18H,8-9,13-14H2,1-4H3. The Morgan fingerprint density at radius 2 is 1.86 bits per heavy atom. The van der Waals surface area contributed by atoms with Gasteiger partial charge in [-0.25, -0.2) is 9.48 Å². The smallest absolute Gasteiger partial charge is 0.368 e. The van der Waals surface area contributed by atoms with Gasteiger partial charge in [0.1, 0.15) is 18.9 Å². The molecule has 1 saturated carbocycles. The highest BCUT2D eigenvalue weighted by Gasteiger charge is 2.28. The molecule has 1 aliphatic carbocycles. The van der Waals surface area contributed by atoms with Crippen LogP contribution in [0.1, 0.15) is 52.4 Å². The number of aryl methyl sites for hydroxylation is 3. The normalized spacial score (nSPS) is 13.3. The summed E-state index contributed by atoms with van der Waals surface area (Å²) in [5, 5.41) is 15.5. The zero-order valence-electron chi connectivity index (χ0n) is 20.2. The summed E-state index contributed by atoms with van der Waals surface area (Å²) >= 11 is 0. The molecule has 35 heavy (non-hydrogen) atoms. The van der Waals surface area contributed by atoms with Gasteiger partial charge in [0.05, 0.1) is 17.1 Å². The van der Waals surface area contributed by atoms with E-state index in [4.69, 9.17) is 4.74 Å². The summed E-state index contributed by atoms with van der Waals surface area (Å²) in [7, 11) is 1.58. The Morgan fingerprint density at radius 1 is 1.06 bits per heavy atom. The van der Waals surface area contributed by atoms with E-state index in [2.05, 4.69) is 26.8 Å². The predicted molar refractivity (Wildman–Crippen MR) is 130 cm³/mol. The molecule has 180 valence electrons. The van der Waals surface area contributed by atoms with Crippen molar-refractivity contribution in [1.82, 2.24) is 29.6 Å². The van der Waals surface area contributed by atoms with Gasteiger partial charge in [-0.15, -0.1) is 0 Å². The molecule has 0 radical (unpaired) electrons. The van der Waals surface area contributed by atoms with Crippen molar-refractivity contribution in [3.63, 3.8) is 0 Å². The van der Waals surface area contributed by atoms with E-state index in [0.29, 0.717) is 18.2 Å². The molecule has 10 heteroatoms. The summed E-state index contributed by atoms with van der Waals surface area (Å²) in [4.78, 5) is 23.3. The Bertz CT molecular complexity index is 1480. The van der Waals surface area contributed by atoms with Gasteiger partial charge in [0, 0.05) is 23.9 Å². The van der Waals surface area contributed by atoms with Gasteiger partial charge >= 0.3 is 5.69 Å². The lowest BCUT2D eigenvalue weighted by Gasteiger charge is -2.16. The van der Waals surface area contributed by atoms with Gasteiger partial charge < -0.3 is 4.74 Å². The number of nitrogens with zero attached hydrogens (tertiary/aromatic N) is 7. The van der Waals surface area contributed by atoms with Crippen molar-refractivity contribution in [3.8, 4) is 17.1 Å². The molecule has 10 nitrogen and oxygen atoms in total. The zero-order valence-corrected chi connectivity index (χ0v) is 20.2. The largest absolute Gasteiger partial charge is 0.489 e. The minimum Gasteiger partial charge on any atom is -0.489 e. The molecule has 0 spiro atoms. The van der Waals surface area contributed by atoms with E-state index in [1.807, 2.05) is 55.8 Å². The van der Waals surface area contributed by atoms with E-state index in [0.717, 1.165) is 52.4 Å². The highest BCUT2D eigenvalue weighted by atomic mass is 16.5. The predicted octanol–water partition coefficient (Wildman–Crippen LogP) is 3.80. The van der Waals surface area contributed by atoms with Crippen LogP contribution in [0, 0.1) is 25.7 Å². The molecule has 0 bridgehead atoms. The molecular formula is C25H27N7O3. The van der Waals surface area contributed by atoms with Crippen molar-refractivity contribution < 1.29 is 4.74 Å². The van der Waals surface area contributed by atoms with Crippen molar-refractivity contribution in [2.45, 2.75) is 52.7 Å². The van der Waals surface area contributed by atoms with E-state index in [9.17, 15) is 9.70 Å². The number of ether oxygens (including phenoxy) is 1. The number of rotatable bonds is 8. The summed E-state index contributed by atoms with van der Waals surface area (Å²) in [5.74, 6) is 1.22. The molecule has 0 amide bonds. The molecule has 2 heterocycles. The first-order valence-electron chi connectivity index (χ1n) is 11.6. The Labute approximate surface area is 202 Å². The third-order valence-corrected chi connectivity index (χ3v) is 6.59. The second kappa shape index (κ2) is 8.94. The second-order valence-corrected chi connectivity index (χ2v) is 9.00. The number of nitroso groups, excluding NO2 is 1. The minimum atomic E-state index is -0.297. The zero-order chi connectivity index (χ0) is 24.7. The van der Waals surface area contributed by atoms with Crippen LogP contribution in [-0.2, 0) is 20.2 Å². The quantitative estimate of drug-likeness (QED) is 0.360. The van der Waals surface area contributed by atoms with Crippen LogP contribution in [0.3, 0.4) is 0 Å². The lowest BCUT2D eigenvalue weighted by Crippen LogP contribution is -2.23. The Morgan fingerprint density at radius 3 is 2.51 bits per heavy atom. The molecule has 1 aliphatic rings. The van der Waals surface area contributed by atoms with Crippen LogP contribution in [0.2, 0.25) is 0 Å². The third kappa shape index (κ3) is 4.16. The van der Waals surface area contributed by atoms with E-state index in [1.165, 1.54) is 14.9 Å². The molecule has 0 unspecified atom stereocenters. The van der Waals surface area contributed by atoms with Gasteiger partial charge in [-0.1, -0.05) is 17.3 Å². The van der Waals surface area contributed by atoms with E-state index >= 15 is 0 Å². The topological polar surface area (TPSA) is 109 Å². The van der Waals surface area contributed by atoms with Crippen molar-refractivity contribution in [2.75, 3.05) is 0 Å². The summed E-state index contributed by atoms with van der Waals surface area (Å²) < 4.78 is 10.7. The fraction of sp³-hybridized carbons (Fsp3) is 0.360. The van der Waals surface area contributed by atoms with Crippen LogP contribution in [-0.4, -0.2) is 29.6 Å². The first-order chi connectivity index (χ1) is 16.9. The van der Waals surface area contributed by atoms with E-state index in [1.54, 1.807) is 7.05 Å². The molecule has 5 rings (SSSR count). The Balaban J connectivity index is 1.45. The van der Waals surface area contributed by atoms with Gasteiger partial charge in [-0.2, -0.15) is 19.4 Å². The molecule has 2 aromatic carbocycles. The summed E-state index contributed by atoms with van der Waals surface area (Å²) in [6, 6.07) is 11.8.